The monoisotopic (exact) mass is 251 g/mol. The van der Waals surface area contributed by atoms with Crippen molar-refractivity contribution in [3.63, 3.8) is 0 Å². The Balaban J connectivity index is 3.26. The van der Waals surface area contributed by atoms with Crippen molar-refractivity contribution >= 4 is 14.5 Å². The van der Waals surface area contributed by atoms with E-state index in [1.807, 2.05) is 0 Å². The topological polar surface area (TPSA) is 67.8 Å². The number of alkyl carbamates (subject to hydrolysis) is 1. The number of rotatable bonds is 9. The molecule has 0 saturated heterocycles. The second-order valence-electron chi connectivity index (χ2n) is 3.26. The van der Waals surface area contributed by atoms with E-state index in [0.29, 0.717) is 32.3 Å². The second kappa shape index (κ2) is 11.1. The molecule has 0 bridgehead atoms. The summed E-state index contributed by atoms with van der Waals surface area (Å²) >= 11 is 0. The van der Waals surface area contributed by atoms with Gasteiger partial charge in [-0.3, -0.25) is 0 Å². The van der Waals surface area contributed by atoms with Crippen molar-refractivity contribution in [2.45, 2.75) is 33.1 Å². The number of amides is 1. The highest BCUT2D eigenvalue weighted by Crippen LogP contribution is 2.31. The van der Waals surface area contributed by atoms with E-state index in [-0.39, 0.29) is 0 Å². The Bertz CT molecular complexity index is 180. The summed E-state index contributed by atoms with van der Waals surface area (Å²) in [6.07, 6.45) is 2.92. The minimum Gasteiger partial charge on any atom is -0.450 e. The van der Waals surface area contributed by atoms with Crippen LogP contribution in [0.1, 0.15) is 33.1 Å². The van der Waals surface area contributed by atoms with E-state index in [9.17, 15) is 9.69 Å². The van der Waals surface area contributed by atoms with E-state index < -0.39 is 14.5 Å². The molecule has 0 spiro atoms. The van der Waals surface area contributed by atoms with E-state index in [1.54, 1.807) is 6.92 Å². The van der Waals surface area contributed by atoms with Gasteiger partial charge >= 0.3 is 6.09 Å². The first-order valence-electron chi connectivity index (χ1n) is 5.70. The van der Waals surface area contributed by atoms with Gasteiger partial charge in [-0.15, -0.1) is 0 Å². The van der Waals surface area contributed by atoms with Crippen LogP contribution in [0.3, 0.4) is 0 Å². The van der Waals surface area contributed by atoms with E-state index in [1.165, 1.54) is 0 Å². The molecule has 0 heterocycles. The largest absolute Gasteiger partial charge is 0.450 e. The Labute approximate surface area is 98.4 Å². The molecule has 0 aromatic heterocycles. The Morgan fingerprint density at radius 3 is 2.75 bits per heavy atom. The molecule has 96 valence electrons. The van der Waals surface area contributed by atoms with Crippen LogP contribution >= 0.6 is 8.38 Å². The van der Waals surface area contributed by atoms with Crippen molar-refractivity contribution in [1.82, 2.24) is 5.32 Å². The van der Waals surface area contributed by atoms with E-state index in [4.69, 9.17) is 4.52 Å². The fourth-order valence-electron chi connectivity index (χ4n) is 0.966. The lowest BCUT2D eigenvalue weighted by Crippen LogP contribution is -2.25. The van der Waals surface area contributed by atoms with Gasteiger partial charge in [0.15, 0.2) is 8.38 Å². The Morgan fingerprint density at radius 1 is 1.38 bits per heavy atom. The number of carbonyl (C=O) groups is 1. The number of ether oxygens (including phenoxy) is 1. The minimum absolute atomic E-state index is 0.374. The van der Waals surface area contributed by atoms with Crippen LogP contribution in [-0.2, 0) is 9.26 Å². The molecule has 5 nitrogen and oxygen atoms in total. The molecule has 0 radical (unpaired) electrons. The predicted molar refractivity (Wildman–Crippen MR) is 64.5 cm³/mol. The van der Waals surface area contributed by atoms with Gasteiger partial charge < -0.3 is 19.5 Å². The van der Waals surface area contributed by atoms with Crippen molar-refractivity contribution in [2.75, 3.05) is 25.9 Å². The van der Waals surface area contributed by atoms with Crippen LogP contribution in [0.4, 0.5) is 4.79 Å². The Kier molecular flexibility index (Phi) is 10.9. The number of nitrogens with one attached hydrogen (secondary N) is 1. The SMILES string of the molecule is CCCCOP(O)CCCNC(=O)OCC. The first-order valence-corrected chi connectivity index (χ1v) is 7.10. The highest BCUT2D eigenvalue weighted by atomic mass is 31.2. The maximum atomic E-state index is 10.9. The number of carbonyl (C=O) groups excluding carboxylic acids is 1. The van der Waals surface area contributed by atoms with E-state index in [0.717, 1.165) is 12.8 Å². The molecule has 0 rings (SSSR count). The molecule has 0 aliphatic heterocycles. The van der Waals surface area contributed by atoms with Crippen molar-refractivity contribution in [3.05, 3.63) is 0 Å². The average molecular weight is 251 g/mol. The zero-order chi connectivity index (χ0) is 12.2. The Hall–Kier alpha value is -0.380. The third-order valence-corrected chi connectivity index (χ3v) is 2.99. The summed E-state index contributed by atoms with van der Waals surface area (Å²) in [6.45, 7) is 5.33. The molecule has 0 aliphatic rings. The van der Waals surface area contributed by atoms with Crippen molar-refractivity contribution < 1.29 is 18.9 Å². The molecule has 0 fully saturated rings. The summed E-state index contributed by atoms with van der Waals surface area (Å²) in [4.78, 5) is 20.3. The lowest BCUT2D eigenvalue weighted by molar-refractivity contribution is 0.152. The molecule has 1 amide bonds. The van der Waals surface area contributed by atoms with Gasteiger partial charge in [-0.25, -0.2) is 4.79 Å². The fourth-order valence-corrected chi connectivity index (χ4v) is 1.86. The van der Waals surface area contributed by atoms with Gasteiger partial charge in [-0.05, 0) is 19.8 Å². The third kappa shape index (κ3) is 10.1. The van der Waals surface area contributed by atoms with Gasteiger partial charge in [0.1, 0.15) is 0 Å². The first-order chi connectivity index (χ1) is 7.70. The van der Waals surface area contributed by atoms with Crippen LogP contribution < -0.4 is 5.32 Å². The summed E-state index contributed by atoms with van der Waals surface area (Å²) in [5.74, 6) is 0. The predicted octanol–water partition coefficient (Wildman–Crippen LogP) is 2.24. The van der Waals surface area contributed by atoms with Gasteiger partial charge in [-0.1, -0.05) is 13.3 Å². The van der Waals surface area contributed by atoms with Crippen LogP contribution in [0.25, 0.3) is 0 Å². The highest BCUT2D eigenvalue weighted by Gasteiger charge is 2.05. The summed E-state index contributed by atoms with van der Waals surface area (Å²) in [6, 6.07) is 0. The fraction of sp³-hybridized carbons (Fsp3) is 0.900. The molecule has 6 heteroatoms. The van der Waals surface area contributed by atoms with Crippen LogP contribution in [0.15, 0.2) is 0 Å². The lowest BCUT2D eigenvalue weighted by atomic mass is 10.4. The molecule has 2 N–H and O–H groups in total. The average Bonchev–Trinajstić information content (AvgIpc) is 2.25. The van der Waals surface area contributed by atoms with Crippen molar-refractivity contribution in [2.24, 2.45) is 0 Å². The van der Waals surface area contributed by atoms with Crippen LogP contribution in [0.2, 0.25) is 0 Å². The van der Waals surface area contributed by atoms with Gasteiger partial charge in [0.2, 0.25) is 0 Å². The molecular formula is C10H22NO4P. The lowest BCUT2D eigenvalue weighted by Gasteiger charge is -2.10. The zero-order valence-electron chi connectivity index (χ0n) is 10.1. The standard InChI is InChI=1S/C10H22NO4P/c1-3-5-8-15-16(13)9-6-7-11-10(12)14-4-2/h13H,3-9H2,1-2H3,(H,11,12). The summed E-state index contributed by atoms with van der Waals surface area (Å²) < 4.78 is 9.90. The van der Waals surface area contributed by atoms with Crippen LogP contribution in [0, 0.1) is 0 Å². The zero-order valence-corrected chi connectivity index (χ0v) is 11.0. The molecular weight excluding hydrogens is 229 g/mol. The van der Waals surface area contributed by atoms with Crippen molar-refractivity contribution in [1.29, 1.82) is 0 Å². The molecule has 1 unspecified atom stereocenters. The molecule has 0 aromatic rings. The summed E-state index contributed by atoms with van der Waals surface area (Å²) in [5.41, 5.74) is 0. The molecule has 0 aliphatic carbocycles. The molecule has 16 heavy (non-hydrogen) atoms. The third-order valence-electron chi connectivity index (χ3n) is 1.81. The maximum absolute atomic E-state index is 10.9. The summed E-state index contributed by atoms with van der Waals surface area (Å²) in [7, 11) is -1.32. The van der Waals surface area contributed by atoms with Gasteiger partial charge in [-0.2, -0.15) is 0 Å². The Morgan fingerprint density at radius 2 is 2.12 bits per heavy atom. The van der Waals surface area contributed by atoms with E-state index in [2.05, 4.69) is 17.0 Å². The number of hydrogen-bond acceptors (Lipinski definition) is 4. The smallest absolute Gasteiger partial charge is 0.407 e. The highest BCUT2D eigenvalue weighted by molar-refractivity contribution is 7.46. The van der Waals surface area contributed by atoms with Crippen LogP contribution in [0.5, 0.6) is 0 Å². The van der Waals surface area contributed by atoms with Gasteiger partial charge in [0.25, 0.3) is 0 Å². The maximum Gasteiger partial charge on any atom is 0.407 e. The summed E-state index contributed by atoms with van der Waals surface area (Å²) in [5, 5.41) is 2.59. The van der Waals surface area contributed by atoms with E-state index >= 15 is 0 Å². The normalized spacial score (nSPS) is 12.2. The number of unbranched alkanes of at least 4 members (excludes halogenated alkanes) is 1. The van der Waals surface area contributed by atoms with Gasteiger partial charge in [0.05, 0.1) is 13.2 Å². The molecule has 0 aromatic carbocycles. The first kappa shape index (κ1) is 15.6. The van der Waals surface area contributed by atoms with Crippen molar-refractivity contribution in [3.8, 4) is 0 Å². The molecule has 0 saturated carbocycles. The minimum atomic E-state index is -1.32. The van der Waals surface area contributed by atoms with Crippen LogP contribution in [-0.4, -0.2) is 36.9 Å². The quantitative estimate of drug-likeness (QED) is 0.487. The van der Waals surface area contributed by atoms with Gasteiger partial charge in [0, 0.05) is 12.7 Å². The second-order valence-corrected chi connectivity index (χ2v) is 4.67. The number of hydrogen-bond donors (Lipinski definition) is 2. The molecule has 1 atom stereocenters.